The fourth-order valence-corrected chi connectivity index (χ4v) is 3.70. The van der Waals surface area contributed by atoms with Crippen molar-refractivity contribution in [3.63, 3.8) is 0 Å². The van der Waals surface area contributed by atoms with Gasteiger partial charge in [-0.1, -0.05) is 66.7 Å². The quantitative estimate of drug-likeness (QED) is 0.766. The predicted molar refractivity (Wildman–Crippen MR) is 101 cm³/mol. The number of amides is 1. The van der Waals surface area contributed by atoms with Gasteiger partial charge in [-0.3, -0.25) is 4.79 Å². The van der Waals surface area contributed by atoms with E-state index in [9.17, 15) is 4.79 Å². The highest BCUT2D eigenvalue weighted by Gasteiger charge is 2.41. The van der Waals surface area contributed by atoms with Gasteiger partial charge in [0.1, 0.15) is 0 Å². The predicted octanol–water partition coefficient (Wildman–Crippen LogP) is 4.53. The summed E-state index contributed by atoms with van der Waals surface area (Å²) >= 11 is 0. The largest absolute Gasteiger partial charge is 0.381 e. The number of carbonyl (C=O) groups excluding carboxylic acids is 1. The fourth-order valence-electron chi connectivity index (χ4n) is 3.70. The Kier molecular flexibility index (Phi) is 4.24. The number of rotatable bonds is 3. The molecule has 1 N–H and O–H groups in total. The Morgan fingerprint density at radius 3 is 2.32 bits per heavy atom. The highest BCUT2D eigenvalue weighted by atomic mass is 16.5. The van der Waals surface area contributed by atoms with E-state index in [1.54, 1.807) is 0 Å². The van der Waals surface area contributed by atoms with Gasteiger partial charge in [-0.25, -0.2) is 0 Å². The van der Waals surface area contributed by atoms with E-state index in [-0.39, 0.29) is 5.91 Å². The first-order valence-electron chi connectivity index (χ1n) is 8.72. The number of fused-ring (bicyclic) bond motifs is 1. The van der Waals surface area contributed by atoms with Crippen LogP contribution in [0.25, 0.3) is 10.8 Å². The lowest BCUT2D eigenvalue weighted by Crippen LogP contribution is -2.44. The Hall–Kier alpha value is -2.65. The van der Waals surface area contributed by atoms with E-state index >= 15 is 0 Å². The first-order chi connectivity index (χ1) is 12.3. The molecule has 0 spiro atoms. The highest BCUT2D eigenvalue weighted by Crippen LogP contribution is 2.36. The lowest BCUT2D eigenvalue weighted by Gasteiger charge is -2.36. The summed E-state index contributed by atoms with van der Waals surface area (Å²) < 4.78 is 5.54. The Labute approximate surface area is 147 Å². The van der Waals surface area contributed by atoms with Gasteiger partial charge < -0.3 is 10.1 Å². The summed E-state index contributed by atoms with van der Waals surface area (Å²) in [4.78, 5) is 13.4. The van der Waals surface area contributed by atoms with Crippen LogP contribution >= 0.6 is 0 Å². The van der Waals surface area contributed by atoms with Crippen molar-refractivity contribution in [1.82, 2.24) is 0 Å². The minimum atomic E-state index is -0.531. The molecule has 3 heteroatoms. The fraction of sp³-hybridized carbons (Fsp3) is 0.227. The van der Waals surface area contributed by atoms with Crippen LogP contribution in [0, 0.1) is 0 Å². The molecule has 3 aromatic rings. The van der Waals surface area contributed by atoms with E-state index in [0.29, 0.717) is 26.1 Å². The number of carbonyl (C=O) groups is 1. The summed E-state index contributed by atoms with van der Waals surface area (Å²) in [6.07, 6.45) is 1.40. The molecule has 0 aliphatic carbocycles. The Balaban J connectivity index is 1.72. The molecule has 1 fully saturated rings. The standard InChI is InChI=1S/C22H21NO2/c24-21(23-20-12-6-8-17-7-4-5-11-19(17)20)22(13-15-25-16-14-22)18-9-2-1-3-10-18/h1-12H,13-16H2,(H,23,24). The molecular formula is C22H21NO2. The van der Waals surface area contributed by atoms with Gasteiger partial charge >= 0.3 is 0 Å². The zero-order valence-electron chi connectivity index (χ0n) is 14.1. The SMILES string of the molecule is O=C(Nc1cccc2ccccc12)C1(c2ccccc2)CCOCC1. The third kappa shape index (κ3) is 2.92. The molecule has 0 unspecified atom stereocenters. The summed E-state index contributed by atoms with van der Waals surface area (Å²) in [6, 6.07) is 24.2. The molecule has 0 atom stereocenters. The molecule has 0 bridgehead atoms. The van der Waals surface area contributed by atoms with Crippen LogP contribution in [-0.4, -0.2) is 19.1 Å². The van der Waals surface area contributed by atoms with Crippen molar-refractivity contribution >= 4 is 22.4 Å². The molecule has 1 aliphatic rings. The van der Waals surface area contributed by atoms with Crippen molar-refractivity contribution in [2.24, 2.45) is 0 Å². The van der Waals surface area contributed by atoms with Gasteiger partial charge in [0.2, 0.25) is 5.91 Å². The van der Waals surface area contributed by atoms with E-state index in [4.69, 9.17) is 4.74 Å². The van der Waals surface area contributed by atoms with Gasteiger partial charge in [0.25, 0.3) is 0 Å². The monoisotopic (exact) mass is 331 g/mol. The van der Waals surface area contributed by atoms with Crippen LogP contribution in [0.2, 0.25) is 0 Å². The Morgan fingerprint density at radius 1 is 0.840 bits per heavy atom. The van der Waals surface area contributed by atoms with Gasteiger partial charge in [0, 0.05) is 24.3 Å². The van der Waals surface area contributed by atoms with E-state index in [2.05, 4.69) is 17.4 Å². The van der Waals surface area contributed by atoms with Crippen LogP contribution in [0.15, 0.2) is 72.8 Å². The molecule has 4 rings (SSSR count). The van der Waals surface area contributed by atoms with Crippen LogP contribution in [-0.2, 0) is 14.9 Å². The Morgan fingerprint density at radius 2 is 1.52 bits per heavy atom. The maximum Gasteiger partial charge on any atom is 0.235 e. The van der Waals surface area contributed by atoms with Crippen molar-refractivity contribution in [2.45, 2.75) is 18.3 Å². The average Bonchev–Trinajstić information content (AvgIpc) is 2.69. The molecule has 0 saturated carbocycles. The molecule has 3 nitrogen and oxygen atoms in total. The van der Waals surface area contributed by atoms with Gasteiger partial charge in [-0.05, 0) is 29.9 Å². The smallest absolute Gasteiger partial charge is 0.235 e. The van der Waals surface area contributed by atoms with E-state index in [1.807, 2.05) is 60.7 Å². The molecule has 1 aliphatic heterocycles. The van der Waals surface area contributed by atoms with Crippen molar-refractivity contribution in [3.05, 3.63) is 78.4 Å². The van der Waals surface area contributed by atoms with E-state index in [0.717, 1.165) is 22.0 Å². The van der Waals surface area contributed by atoms with Gasteiger partial charge in [0.15, 0.2) is 0 Å². The topological polar surface area (TPSA) is 38.3 Å². The van der Waals surface area contributed by atoms with Gasteiger partial charge in [-0.2, -0.15) is 0 Å². The normalized spacial score (nSPS) is 16.5. The minimum Gasteiger partial charge on any atom is -0.381 e. The molecule has 1 saturated heterocycles. The maximum absolute atomic E-state index is 13.4. The third-order valence-electron chi connectivity index (χ3n) is 5.15. The average molecular weight is 331 g/mol. The summed E-state index contributed by atoms with van der Waals surface area (Å²) in [6.45, 7) is 1.22. The second-order valence-electron chi connectivity index (χ2n) is 6.54. The first-order valence-corrected chi connectivity index (χ1v) is 8.72. The number of anilines is 1. The molecule has 1 amide bonds. The summed E-state index contributed by atoms with van der Waals surface area (Å²) in [5, 5.41) is 5.39. The lowest BCUT2D eigenvalue weighted by atomic mass is 9.73. The second-order valence-corrected chi connectivity index (χ2v) is 6.54. The molecular weight excluding hydrogens is 310 g/mol. The first kappa shape index (κ1) is 15.9. The Bertz CT molecular complexity index is 877. The zero-order valence-corrected chi connectivity index (χ0v) is 14.1. The number of nitrogens with one attached hydrogen (secondary N) is 1. The molecule has 25 heavy (non-hydrogen) atoms. The summed E-state index contributed by atoms with van der Waals surface area (Å²) in [5.41, 5.74) is 1.40. The van der Waals surface area contributed by atoms with Crippen molar-refractivity contribution in [2.75, 3.05) is 18.5 Å². The molecule has 0 aromatic heterocycles. The molecule has 0 radical (unpaired) electrons. The van der Waals surface area contributed by atoms with Crippen LogP contribution in [0.4, 0.5) is 5.69 Å². The van der Waals surface area contributed by atoms with E-state index < -0.39 is 5.41 Å². The van der Waals surface area contributed by atoms with Gasteiger partial charge in [0.05, 0.1) is 5.41 Å². The van der Waals surface area contributed by atoms with Crippen molar-refractivity contribution < 1.29 is 9.53 Å². The van der Waals surface area contributed by atoms with Crippen LogP contribution < -0.4 is 5.32 Å². The molecule has 3 aromatic carbocycles. The number of benzene rings is 3. The van der Waals surface area contributed by atoms with Crippen LogP contribution in [0.5, 0.6) is 0 Å². The third-order valence-corrected chi connectivity index (χ3v) is 5.15. The van der Waals surface area contributed by atoms with Crippen molar-refractivity contribution in [1.29, 1.82) is 0 Å². The number of hydrogen-bond donors (Lipinski definition) is 1. The number of hydrogen-bond acceptors (Lipinski definition) is 2. The molecule has 1 heterocycles. The summed E-state index contributed by atoms with van der Waals surface area (Å²) in [7, 11) is 0. The molecule has 126 valence electrons. The maximum atomic E-state index is 13.4. The lowest BCUT2D eigenvalue weighted by molar-refractivity contribution is -0.125. The minimum absolute atomic E-state index is 0.0540. The van der Waals surface area contributed by atoms with E-state index in [1.165, 1.54) is 0 Å². The highest BCUT2D eigenvalue weighted by molar-refractivity contribution is 6.06. The number of ether oxygens (including phenoxy) is 1. The zero-order chi connectivity index (χ0) is 17.1. The van der Waals surface area contributed by atoms with Gasteiger partial charge in [-0.15, -0.1) is 0 Å². The van der Waals surface area contributed by atoms with Crippen molar-refractivity contribution in [3.8, 4) is 0 Å². The van der Waals surface area contributed by atoms with Crippen LogP contribution in [0.1, 0.15) is 18.4 Å². The van der Waals surface area contributed by atoms with Crippen LogP contribution in [0.3, 0.4) is 0 Å². The second kappa shape index (κ2) is 6.69. The summed E-state index contributed by atoms with van der Waals surface area (Å²) in [5.74, 6) is 0.0540.